The number of nitrogens with one attached hydrogen (secondary N) is 1. The number of rotatable bonds is 5. The van der Waals surface area contributed by atoms with E-state index in [2.05, 4.69) is 15.3 Å². The van der Waals surface area contributed by atoms with Gasteiger partial charge < -0.3 is 10.1 Å². The summed E-state index contributed by atoms with van der Waals surface area (Å²) in [5.74, 6) is -0.145. The normalized spacial score (nSPS) is 10.3. The summed E-state index contributed by atoms with van der Waals surface area (Å²) >= 11 is 1.53. The van der Waals surface area contributed by atoms with Gasteiger partial charge in [-0.3, -0.25) is 9.78 Å². The minimum absolute atomic E-state index is 0.0690. The van der Waals surface area contributed by atoms with E-state index in [1.165, 1.54) is 18.4 Å². The highest BCUT2D eigenvalue weighted by Gasteiger charge is 2.06. The van der Waals surface area contributed by atoms with Crippen LogP contribution in [0.15, 0.2) is 29.9 Å². The smallest absolute Gasteiger partial charge is 0.246 e. The van der Waals surface area contributed by atoms with Gasteiger partial charge in [-0.25, -0.2) is 4.98 Å². The first kappa shape index (κ1) is 12.7. The van der Waals surface area contributed by atoms with Crippen LogP contribution in [0.1, 0.15) is 5.69 Å². The van der Waals surface area contributed by atoms with Crippen molar-refractivity contribution in [1.82, 2.24) is 15.3 Å². The van der Waals surface area contributed by atoms with E-state index in [1.54, 1.807) is 12.4 Å². The van der Waals surface area contributed by atoms with Crippen LogP contribution in [0, 0.1) is 0 Å². The third-order valence-corrected chi connectivity index (χ3v) is 3.14. The summed E-state index contributed by atoms with van der Waals surface area (Å²) in [5.41, 5.74) is 1.82. The SMILES string of the molecule is COCC(=O)NCc1csc(-c2cccnc2)n1. The number of carbonyl (C=O) groups is 1. The van der Waals surface area contributed by atoms with E-state index >= 15 is 0 Å². The molecular weight excluding hydrogens is 250 g/mol. The van der Waals surface area contributed by atoms with Gasteiger partial charge in [-0.2, -0.15) is 0 Å². The molecule has 0 saturated carbocycles. The lowest BCUT2D eigenvalue weighted by Gasteiger charge is -2.01. The van der Waals surface area contributed by atoms with Crippen LogP contribution >= 0.6 is 11.3 Å². The van der Waals surface area contributed by atoms with Gasteiger partial charge in [0.15, 0.2) is 0 Å². The Balaban J connectivity index is 1.97. The first-order valence-corrected chi connectivity index (χ1v) is 6.28. The summed E-state index contributed by atoms with van der Waals surface area (Å²) in [6.45, 7) is 0.485. The predicted molar refractivity (Wildman–Crippen MR) is 69.1 cm³/mol. The predicted octanol–water partition coefficient (Wildman–Crippen LogP) is 1.47. The molecule has 94 valence electrons. The minimum Gasteiger partial charge on any atom is -0.375 e. The molecule has 0 aliphatic carbocycles. The van der Waals surface area contributed by atoms with E-state index in [0.717, 1.165) is 16.3 Å². The van der Waals surface area contributed by atoms with Gasteiger partial charge in [-0.05, 0) is 12.1 Å². The fourth-order valence-electron chi connectivity index (χ4n) is 1.38. The molecule has 0 radical (unpaired) electrons. The molecule has 2 aromatic heterocycles. The Kier molecular flexibility index (Phi) is 4.38. The number of carbonyl (C=O) groups excluding carboxylic acids is 1. The molecule has 0 aromatic carbocycles. The van der Waals surface area contributed by atoms with Gasteiger partial charge in [0.1, 0.15) is 11.6 Å². The van der Waals surface area contributed by atoms with Crippen LogP contribution in [0.2, 0.25) is 0 Å². The van der Waals surface area contributed by atoms with Crippen molar-refractivity contribution in [2.75, 3.05) is 13.7 Å². The molecule has 2 rings (SSSR count). The molecule has 2 aromatic rings. The third-order valence-electron chi connectivity index (χ3n) is 2.20. The molecular formula is C12H13N3O2S. The molecule has 6 heteroatoms. The van der Waals surface area contributed by atoms with Crippen LogP contribution in [-0.4, -0.2) is 29.6 Å². The zero-order valence-electron chi connectivity index (χ0n) is 9.92. The minimum atomic E-state index is -0.145. The number of ether oxygens (including phenoxy) is 1. The second-order valence-corrected chi connectivity index (χ2v) is 4.45. The number of hydrogen-bond donors (Lipinski definition) is 1. The molecule has 0 atom stereocenters. The Labute approximate surface area is 109 Å². The number of methoxy groups -OCH3 is 1. The number of pyridine rings is 1. The summed E-state index contributed by atoms with van der Waals surface area (Å²) in [6.07, 6.45) is 3.50. The van der Waals surface area contributed by atoms with Crippen LogP contribution < -0.4 is 5.32 Å². The molecule has 0 aliphatic heterocycles. The standard InChI is InChI=1S/C12H13N3O2S/c1-17-7-11(16)14-6-10-8-18-12(15-10)9-3-2-4-13-5-9/h2-5,8H,6-7H2,1H3,(H,14,16). The van der Waals surface area contributed by atoms with Crippen molar-refractivity contribution in [3.05, 3.63) is 35.6 Å². The lowest BCUT2D eigenvalue weighted by Crippen LogP contribution is -2.26. The van der Waals surface area contributed by atoms with E-state index in [0.29, 0.717) is 6.54 Å². The van der Waals surface area contributed by atoms with Gasteiger partial charge in [-0.15, -0.1) is 11.3 Å². The first-order chi connectivity index (χ1) is 8.79. The van der Waals surface area contributed by atoms with Crippen LogP contribution in [0.5, 0.6) is 0 Å². The Hall–Kier alpha value is -1.79. The average Bonchev–Trinajstić information content (AvgIpc) is 2.87. The highest BCUT2D eigenvalue weighted by molar-refractivity contribution is 7.13. The molecule has 0 saturated heterocycles. The molecule has 0 fully saturated rings. The van der Waals surface area contributed by atoms with E-state index in [9.17, 15) is 4.79 Å². The van der Waals surface area contributed by atoms with Gasteiger partial charge in [0.2, 0.25) is 5.91 Å². The van der Waals surface area contributed by atoms with Crippen molar-refractivity contribution < 1.29 is 9.53 Å². The van der Waals surface area contributed by atoms with Gasteiger partial charge in [0, 0.05) is 30.4 Å². The zero-order valence-corrected chi connectivity index (χ0v) is 10.7. The summed E-state index contributed by atoms with van der Waals surface area (Å²) in [5, 5.41) is 5.56. The molecule has 2 heterocycles. The molecule has 1 N–H and O–H groups in total. The van der Waals surface area contributed by atoms with E-state index in [1.807, 2.05) is 17.5 Å². The van der Waals surface area contributed by atoms with Crippen LogP contribution in [0.3, 0.4) is 0 Å². The topological polar surface area (TPSA) is 64.1 Å². The van der Waals surface area contributed by atoms with E-state index in [-0.39, 0.29) is 12.5 Å². The number of thiazole rings is 1. The maximum absolute atomic E-state index is 11.2. The Morgan fingerprint density at radius 1 is 1.56 bits per heavy atom. The first-order valence-electron chi connectivity index (χ1n) is 5.40. The number of aromatic nitrogens is 2. The molecule has 0 aliphatic rings. The Morgan fingerprint density at radius 3 is 3.17 bits per heavy atom. The van der Waals surface area contributed by atoms with Gasteiger partial charge in [-0.1, -0.05) is 0 Å². The van der Waals surface area contributed by atoms with Crippen LogP contribution in [0.25, 0.3) is 10.6 Å². The summed E-state index contributed by atoms with van der Waals surface area (Å²) in [6, 6.07) is 3.83. The van der Waals surface area contributed by atoms with Gasteiger partial charge in [0.05, 0.1) is 12.2 Å². The second kappa shape index (κ2) is 6.23. The Morgan fingerprint density at radius 2 is 2.44 bits per heavy atom. The van der Waals surface area contributed by atoms with E-state index in [4.69, 9.17) is 4.74 Å². The lowest BCUT2D eigenvalue weighted by molar-refractivity contribution is -0.124. The Bertz CT molecular complexity index is 513. The highest BCUT2D eigenvalue weighted by atomic mass is 32.1. The van der Waals surface area contributed by atoms with Crippen molar-refractivity contribution in [3.63, 3.8) is 0 Å². The fraction of sp³-hybridized carbons (Fsp3) is 0.250. The zero-order chi connectivity index (χ0) is 12.8. The van der Waals surface area contributed by atoms with Crippen LogP contribution in [0.4, 0.5) is 0 Å². The lowest BCUT2D eigenvalue weighted by atomic mass is 10.3. The van der Waals surface area contributed by atoms with Crippen molar-refractivity contribution >= 4 is 17.2 Å². The molecule has 1 amide bonds. The number of nitrogens with zero attached hydrogens (tertiary/aromatic N) is 2. The van der Waals surface area contributed by atoms with Crippen LogP contribution in [-0.2, 0) is 16.1 Å². The van der Waals surface area contributed by atoms with Crippen molar-refractivity contribution in [2.24, 2.45) is 0 Å². The molecule has 18 heavy (non-hydrogen) atoms. The third kappa shape index (κ3) is 3.35. The quantitative estimate of drug-likeness (QED) is 0.887. The summed E-state index contributed by atoms with van der Waals surface area (Å²) in [7, 11) is 1.49. The van der Waals surface area contributed by atoms with Crippen molar-refractivity contribution in [3.8, 4) is 10.6 Å². The monoisotopic (exact) mass is 263 g/mol. The fourth-order valence-corrected chi connectivity index (χ4v) is 2.19. The van der Waals surface area contributed by atoms with E-state index < -0.39 is 0 Å². The maximum atomic E-state index is 11.2. The average molecular weight is 263 g/mol. The molecule has 0 unspecified atom stereocenters. The molecule has 5 nitrogen and oxygen atoms in total. The number of amides is 1. The van der Waals surface area contributed by atoms with Crippen molar-refractivity contribution in [2.45, 2.75) is 6.54 Å². The summed E-state index contributed by atoms with van der Waals surface area (Å²) < 4.78 is 4.73. The van der Waals surface area contributed by atoms with Gasteiger partial charge >= 0.3 is 0 Å². The highest BCUT2D eigenvalue weighted by Crippen LogP contribution is 2.22. The molecule has 0 spiro atoms. The van der Waals surface area contributed by atoms with Gasteiger partial charge in [0.25, 0.3) is 0 Å². The number of hydrogen-bond acceptors (Lipinski definition) is 5. The second-order valence-electron chi connectivity index (χ2n) is 3.60. The largest absolute Gasteiger partial charge is 0.375 e. The molecule has 0 bridgehead atoms. The summed E-state index contributed by atoms with van der Waals surface area (Å²) in [4.78, 5) is 19.7. The van der Waals surface area contributed by atoms with Crippen molar-refractivity contribution in [1.29, 1.82) is 0 Å². The maximum Gasteiger partial charge on any atom is 0.246 e.